The van der Waals surface area contributed by atoms with Crippen LogP contribution in [0.15, 0.2) is 70.7 Å². The number of hydrogen-bond donors (Lipinski definition) is 1. The average molecular weight is 657 g/mol. The number of benzene rings is 2. The number of ketones is 1. The van der Waals surface area contributed by atoms with Gasteiger partial charge in [0.1, 0.15) is 11.3 Å². The third kappa shape index (κ3) is 5.07. The molecule has 212 valence electrons. The molecule has 6 rings (SSSR count). The monoisotopic (exact) mass is 655 g/mol. The summed E-state index contributed by atoms with van der Waals surface area (Å²) in [5, 5.41) is 21.9. The molecule has 8 nitrogen and oxygen atoms in total. The lowest BCUT2D eigenvalue weighted by atomic mass is 9.96. The molecule has 0 radical (unpaired) electrons. The van der Waals surface area contributed by atoms with Gasteiger partial charge in [-0.3, -0.25) is 14.5 Å². The maximum absolute atomic E-state index is 13.6. The van der Waals surface area contributed by atoms with E-state index in [0.717, 1.165) is 22.5 Å². The Morgan fingerprint density at radius 2 is 1.76 bits per heavy atom. The zero-order valence-corrected chi connectivity index (χ0v) is 25.9. The number of aromatic nitrogens is 4. The van der Waals surface area contributed by atoms with Crippen molar-refractivity contribution in [3.63, 3.8) is 0 Å². The SMILES string of the molecule is Cc1cccn2c(C)c(C(O)=C3C(=O)C(=O)N(c4nnc(SCc5ccc(Cl)cc5Cl)s4)C3c3ccc(Cl)cc3)nc12. The number of carbonyl (C=O) groups excluding carboxylic acids is 2. The number of aliphatic hydroxyl groups excluding tert-OH is 1. The number of rotatable bonds is 6. The van der Waals surface area contributed by atoms with Gasteiger partial charge in [0.05, 0.1) is 17.3 Å². The molecule has 1 atom stereocenters. The fourth-order valence-electron chi connectivity index (χ4n) is 4.80. The van der Waals surface area contributed by atoms with Crippen LogP contribution in [-0.4, -0.2) is 36.4 Å². The number of pyridine rings is 1. The van der Waals surface area contributed by atoms with Crippen molar-refractivity contribution in [3.05, 3.63) is 110 Å². The Balaban J connectivity index is 1.42. The first-order valence-corrected chi connectivity index (χ1v) is 15.5. The minimum absolute atomic E-state index is 0.0937. The van der Waals surface area contributed by atoms with Crippen LogP contribution in [0.1, 0.15) is 34.1 Å². The summed E-state index contributed by atoms with van der Waals surface area (Å²) < 4.78 is 2.40. The highest BCUT2D eigenvalue weighted by atomic mass is 35.5. The molecule has 1 unspecified atom stereocenters. The summed E-state index contributed by atoms with van der Waals surface area (Å²) in [6, 6.07) is 14.8. The fourth-order valence-corrected chi connectivity index (χ4v) is 7.35. The number of anilines is 1. The number of hydrogen-bond acceptors (Lipinski definition) is 8. The van der Waals surface area contributed by atoms with E-state index < -0.39 is 17.7 Å². The largest absolute Gasteiger partial charge is 0.505 e. The fraction of sp³-hybridized carbons (Fsp3) is 0.138. The number of fused-ring (bicyclic) bond motifs is 1. The first-order chi connectivity index (χ1) is 20.1. The molecule has 13 heteroatoms. The summed E-state index contributed by atoms with van der Waals surface area (Å²) in [4.78, 5) is 33.0. The Bertz CT molecular complexity index is 1920. The van der Waals surface area contributed by atoms with Crippen LogP contribution in [0.2, 0.25) is 15.1 Å². The number of halogens is 3. The van der Waals surface area contributed by atoms with Crippen molar-refractivity contribution in [1.82, 2.24) is 19.6 Å². The second kappa shape index (κ2) is 11.3. The number of amides is 1. The Morgan fingerprint density at radius 1 is 1.02 bits per heavy atom. The number of carbonyl (C=O) groups is 2. The van der Waals surface area contributed by atoms with E-state index >= 15 is 0 Å². The van der Waals surface area contributed by atoms with Crippen LogP contribution >= 0.6 is 57.9 Å². The number of nitrogens with zero attached hydrogens (tertiary/aromatic N) is 5. The van der Waals surface area contributed by atoms with Crippen LogP contribution in [0.3, 0.4) is 0 Å². The molecule has 0 aliphatic carbocycles. The van der Waals surface area contributed by atoms with E-state index in [0.29, 0.717) is 42.1 Å². The van der Waals surface area contributed by atoms with Gasteiger partial charge < -0.3 is 9.51 Å². The van der Waals surface area contributed by atoms with Gasteiger partial charge in [0.25, 0.3) is 5.78 Å². The zero-order valence-electron chi connectivity index (χ0n) is 22.0. The van der Waals surface area contributed by atoms with Gasteiger partial charge >= 0.3 is 5.91 Å². The van der Waals surface area contributed by atoms with E-state index in [4.69, 9.17) is 34.8 Å². The lowest BCUT2D eigenvalue weighted by molar-refractivity contribution is -0.132. The van der Waals surface area contributed by atoms with Crippen LogP contribution < -0.4 is 4.90 Å². The topological polar surface area (TPSA) is 101 Å². The van der Waals surface area contributed by atoms with E-state index in [1.807, 2.05) is 35.7 Å². The Kier molecular flexibility index (Phi) is 7.75. The molecule has 3 aromatic heterocycles. The second-order valence-corrected chi connectivity index (χ2v) is 13.0. The molecule has 1 amide bonds. The number of aliphatic hydroxyl groups is 1. The van der Waals surface area contributed by atoms with Crippen molar-refractivity contribution in [2.24, 2.45) is 0 Å². The van der Waals surface area contributed by atoms with Crippen molar-refractivity contribution < 1.29 is 14.7 Å². The molecular formula is C29H20Cl3N5O3S2. The van der Waals surface area contributed by atoms with E-state index in [2.05, 4.69) is 15.2 Å². The summed E-state index contributed by atoms with van der Waals surface area (Å²) in [6.45, 7) is 3.70. The Morgan fingerprint density at radius 3 is 2.48 bits per heavy atom. The summed E-state index contributed by atoms with van der Waals surface area (Å²) in [5.74, 6) is -1.55. The highest BCUT2D eigenvalue weighted by Gasteiger charge is 2.48. The number of thioether (sulfide) groups is 1. The van der Waals surface area contributed by atoms with Gasteiger partial charge in [0.2, 0.25) is 5.13 Å². The van der Waals surface area contributed by atoms with Gasteiger partial charge in [-0.2, -0.15) is 0 Å². The van der Waals surface area contributed by atoms with Crippen LogP contribution in [-0.2, 0) is 15.3 Å². The molecular weight excluding hydrogens is 637 g/mol. The molecule has 0 saturated carbocycles. The highest BCUT2D eigenvalue weighted by Crippen LogP contribution is 2.44. The highest BCUT2D eigenvalue weighted by molar-refractivity contribution is 8.00. The van der Waals surface area contributed by atoms with Gasteiger partial charge in [-0.25, -0.2) is 4.98 Å². The Labute approximate surface area is 263 Å². The van der Waals surface area contributed by atoms with E-state index in [1.54, 1.807) is 43.3 Å². The molecule has 0 bridgehead atoms. The molecule has 1 aliphatic heterocycles. The molecule has 0 spiro atoms. The first-order valence-electron chi connectivity index (χ1n) is 12.6. The lowest BCUT2D eigenvalue weighted by Gasteiger charge is -2.22. The minimum atomic E-state index is -0.982. The van der Waals surface area contributed by atoms with Crippen LogP contribution in [0.25, 0.3) is 11.4 Å². The summed E-state index contributed by atoms with van der Waals surface area (Å²) in [6.07, 6.45) is 1.83. The predicted octanol–water partition coefficient (Wildman–Crippen LogP) is 7.68. The smallest absolute Gasteiger partial charge is 0.301 e. The molecule has 1 saturated heterocycles. The van der Waals surface area contributed by atoms with E-state index in [-0.39, 0.29) is 22.2 Å². The maximum atomic E-state index is 13.6. The van der Waals surface area contributed by atoms with Gasteiger partial charge in [-0.05, 0) is 60.9 Å². The first kappa shape index (κ1) is 28.7. The van der Waals surface area contributed by atoms with E-state index in [9.17, 15) is 14.7 Å². The average Bonchev–Trinajstić information content (AvgIpc) is 3.64. The van der Waals surface area contributed by atoms with Gasteiger partial charge in [-0.15, -0.1) is 10.2 Å². The molecule has 5 aromatic rings. The number of aryl methyl sites for hydroxylation is 2. The number of Topliss-reactive ketones (excluding diaryl/α,β-unsaturated/α-hetero) is 1. The molecule has 1 fully saturated rings. The predicted molar refractivity (Wildman–Crippen MR) is 167 cm³/mol. The summed E-state index contributed by atoms with van der Waals surface area (Å²) in [5.41, 5.74) is 3.72. The Hall–Kier alpha value is -3.41. The quantitative estimate of drug-likeness (QED) is 0.0658. The second-order valence-electron chi connectivity index (χ2n) is 9.53. The molecule has 2 aromatic carbocycles. The summed E-state index contributed by atoms with van der Waals surface area (Å²) >= 11 is 21.0. The van der Waals surface area contributed by atoms with Crippen molar-refractivity contribution in [1.29, 1.82) is 0 Å². The zero-order chi connectivity index (χ0) is 29.7. The van der Waals surface area contributed by atoms with Gasteiger partial charge in [0.15, 0.2) is 10.1 Å². The van der Waals surface area contributed by atoms with Crippen molar-refractivity contribution >= 4 is 86.1 Å². The van der Waals surface area contributed by atoms with Gasteiger partial charge in [0, 0.05) is 27.0 Å². The molecule has 4 heterocycles. The minimum Gasteiger partial charge on any atom is -0.505 e. The third-order valence-electron chi connectivity index (χ3n) is 6.91. The van der Waals surface area contributed by atoms with Crippen molar-refractivity contribution in [2.75, 3.05) is 4.90 Å². The lowest BCUT2D eigenvalue weighted by Crippen LogP contribution is -2.29. The van der Waals surface area contributed by atoms with Crippen LogP contribution in [0, 0.1) is 13.8 Å². The third-order valence-corrected chi connectivity index (χ3v) is 9.85. The van der Waals surface area contributed by atoms with E-state index in [1.165, 1.54) is 16.7 Å². The van der Waals surface area contributed by atoms with Crippen LogP contribution in [0.4, 0.5) is 5.13 Å². The maximum Gasteiger partial charge on any atom is 0.301 e. The normalized spacial score (nSPS) is 16.6. The molecule has 1 N–H and O–H groups in total. The van der Waals surface area contributed by atoms with Crippen molar-refractivity contribution in [3.8, 4) is 0 Å². The summed E-state index contributed by atoms with van der Waals surface area (Å²) in [7, 11) is 0. The standard InChI is InChI=1S/C29H20Cl3N5O3S2/c1-14-4-3-11-36-15(2)22(33-26(14)36)24(38)21-23(16-5-8-18(30)9-6-16)37(27(40)25(21)39)28-34-35-29(42-28)41-13-17-7-10-19(31)12-20(17)32/h3-12,23,38H,13H2,1-2H3. The van der Waals surface area contributed by atoms with Crippen LogP contribution in [0.5, 0.6) is 0 Å². The molecule has 1 aliphatic rings. The van der Waals surface area contributed by atoms with Crippen molar-refractivity contribution in [2.45, 2.75) is 30.0 Å². The number of imidazole rings is 1. The molecule has 42 heavy (non-hydrogen) atoms. The van der Waals surface area contributed by atoms with Gasteiger partial charge in [-0.1, -0.05) is 82.2 Å².